The van der Waals surface area contributed by atoms with Crippen molar-refractivity contribution in [3.63, 3.8) is 0 Å². The minimum absolute atomic E-state index is 0.0333. The Bertz CT molecular complexity index is 1590. The van der Waals surface area contributed by atoms with Gasteiger partial charge in [0, 0.05) is 29.3 Å². The number of nitriles is 1. The van der Waals surface area contributed by atoms with E-state index in [1.54, 1.807) is 54.6 Å². The first-order valence-electron chi connectivity index (χ1n) is 12.9. The quantitative estimate of drug-likeness (QED) is 0.179. The van der Waals surface area contributed by atoms with E-state index in [1.807, 2.05) is 0 Å². The zero-order chi connectivity index (χ0) is 30.1. The van der Waals surface area contributed by atoms with Crippen LogP contribution in [0.3, 0.4) is 0 Å². The molecule has 0 saturated carbocycles. The van der Waals surface area contributed by atoms with E-state index in [1.165, 1.54) is 30.3 Å². The van der Waals surface area contributed by atoms with Gasteiger partial charge < -0.3 is 19.7 Å². The molecular formula is C32H27F3N2O5. The Hall–Kier alpha value is -4.85. The van der Waals surface area contributed by atoms with E-state index in [2.05, 4.69) is 11.4 Å². The zero-order valence-electron chi connectivity index (χ0n) is 22.3. The van der Waals surface area contributed by atoms with Gasteiger partial charge in [0.2, 0.25) is 0 Å². The fourth-order valence-electron chi connectivity index (χ4n) is 4.33. The van der Waals surface area contributed by atoms with Crippen LogP contribution in [0.1, 0.15) is 34.2 Å². The molecule has 0 aliphatic rings. The van der Waals surface area contributed by atoms with Crippen LogP contribution in [0.4, 0.5) is 13.2 Å². The molecule has 216 valence electrons. The summed E-state index contributed by atoms with van der Waals surface area (Å²) in [7, 11) is 0. The van der Waals surface area contributed by atoms with E-state index in [4.69, 9.17) is 9.47 Å². The van der Waals surface area contributed by atoms with Crippen LogP contribution in [0.25, 0.3) is 11.1 Å². The molecule has 4 rings (SSSR count). The van der Waals surface area contributed by atoms with Crippen molar-refractivity contribution in [2.45, 2.75) is 32.2 Å². The summed E-state index contributed by atoms with van der Waals surface area (Å²) in [4.78, 5) is 11.3. The Morgan fingerprint density at radius 1 is 0.905 bits per heavy atom. The molecule has 0 amide bonds. The van der Waals surface area contributed by atoms with Crippen LogP contribution >= 0.6 is 0 Å². The fourth-order valence-corrected chi connectivity index (χ4v) is 4.33. The third-order valence-corrected chi connectivity index (χ3v) is 6.48. The smallest absolute Gasteiger partial charge is 0.323 e. The zero-order valence-corrected chi connectivity index (χ0v) is 22.3. The average Bonchev–Trinajstić information content (AvgIpc) is 2.99. The number of hydrogen-bond acceptors (Lipinski definition) is 6. The van der Waals surface area contributed by atoms with Crippen molar-refractivity contribution in [1.29, 1.82) is 5.26 Å². The lowest BCUT2D eigenvalue weighted by Gasteiger charge is -2.18. The van der Waals surface area contributed by atoms with Crippen LogP contribution in [0, 0.1) is 17.1 Å². The molecule has 42 heavy (non-hydrogen) atoms. The molecule has 0 bridgehead atoms. The van der Waals surface area contributed by atoms with Crippen LogP contribution in [0.5, 0.6) is 11.5 Å². The van der Waals surface area contributed by atoms with Gasteiger partial charge in [-0.15, -0.1) is 0 Å². The summed E-state index contributed by atoms with van der Waals surface area (Å²) in [5.41, 5.74) is 1.70. The second-order valence-corrected chi connectivity index (χ2v) is 9.27. The summed E-state index contributed by atoms with van der Waals surface area (Å²) in [6.07, 6.45) is -2.88. The summed E-state index contributed by atoms with van der Waals surface area (Å²) in [5, 5.41) is 30.5. The Kier molecular flexibility index (Phi) is 10.2. The maximum atomic E-state index is 14.4. The number of nitrogens with zero attached hydrogens (tertiary/aromatic N) is 1. The molecule has 10 heteroatoms. The second kappa shape index (κ2) is 14.2. The number of nitrogens with one attached hydrogen (secondary N) is 1. The van der Waals surface area contributed by atoms with Gasteiger partial charge in [-0.25, -0.2) is 13.2 Å². The first-order valence-corrected chi connectivity index (χ1v) is 12.9. The van der Waals surface area contributed by atoms with Gasteiger partial charge in [-0.3, -0.25) is 10.1 Å². The molecule has 0 heterocycles. The van der Waals surface area contributed by atoms with Crippen LogP contribution in [0.2, 0.25) is 0 Å². The highest BCUT2D eigenvalue weighted by atomic mass is 19.3. The molecule has 0 spiro atoms. The highest BCUT2D eigenvalue weighted by Crippen LogP contribution is 2.36. The van der Waals surface area contributed by atoms with Gasteiger partial charge in [0.05, 0.1) is 18.2 Å². The molecule has 0 unspecified atom stereocenters. The molecule has 4 aromatic carbocycles. The number of halogens is 3. The molecular weight excluding hydrogens is 549 g/mol. The number of aliphatic carboxylic acids is 1. The Balaban J connectivity index is 1.59. The number of aliphatic hydroxyl groups excluding tert-OH is 1. The largest absolute Gasteiger partial charge is 0.489 e. The minimum Gasteiger partial charge on any atom is -0.489 e. The van der Waals surface area contributed by atoms with Crippen molar-refractivity contribution in [2.75, 3.05) is 6.61 Å². The third-order valence-electron chi connectivity index (χ3n) is 6.48. The standard InChI is InChI=1S/C32H27F3N2O5/c33-27-10-2-1-8-25(27)26-9-4-7-23(30(26)31(34)35)19-41-24-12-11-22(16-37-28(17-38)32(39)40)29(14-24)42-18-21-6-3-5-20(13-21)15-36/h1-14,28,31,37-38H,16-19H2,(H,39,40)/t28-/m0/s1. The number of benzene rings is 4. The summed E-state index contributed by atoms with van der Waals surface area (Å²) in [6.45, 7) is -0.749. The van der Waals surface area contributed by atoms with Gasteiger partial charge >= 0.3 is 5.97 Å². The molecule has 3 N–H and O–H groups in total. The molecule has 4 aromatic rings. The van der Waals surface area contributed by atoms with Crippen LogP contribution < -0.4 is 14.8 Å². The van der Waals surface area contributed by atoms with Crippen molar-refractivity contribution in [1.82, 2.24) is 5.32 Å². The van der Waals surface area contributed by atoms with Crippen molar-refractivity contribution in [3.05, 3.63) is 119 Å². The molecule has 7 nitrogen and oxygen atoms in total. The summed E-state index contributed by atoms with van der Waals surface area (Å²) < 4.78 is 54.7. The van der Waals surface area contributed by atoms with Crippen LogP contribution in [-0.2, 0) is 24.6 Å². The van der Waals surface area contributed by atoms with Crippen molar-refractivity contribution in [3.8, 4) is 28.7 Å². The Labute approximate surface area is 240 Å². The van der Waals surface area contributed by atoms with E-state index >= 15 is 0 Å². The van der Waals surface area contributed by atoms with Crippen molar-refractivity contribution < 1.29 is 37.7 Å². The molecule has 0 aliphatic carbocycles. The van der Waals surface area contributed by atoms with Crippen LogP contribution in [-0.4, -0.2) is 28.8 Å². The predicted octanol–water partition coefficient (Wildman–Crippen LogP) is 6.00. The van der Waals surface area contributed by atoms with Gasteiger partial charge in [-0.05, 0) is 41.0 Å². The number of carboxylic acids is 1. The molecule has 1 atom stereocenters. The lowest BCUT2D eigenvalue weighted by Crippen LogP contribution is -2.39. The normalized spacial score (nSPS) is 11.6. The number of carbonyl (C=O) groups is 1. The van der Waals surface area contributed by atoms with E-state index in [0.29, 0.717) is 22.4 Å². The van der Waals surface area contributed by atoms with Crippen LogP contribution in [0.15, 0.2) is 84.9 Å². The molecule has 0 aliphatic heterocycles. The lowest BCUT2D eigenvalue weighted by atomic mass is 9.95. The van der Waals surface area contributed by atoms with Gasteiger partial charge in [0.15, 0.2) is 0 Å². The summed E-state index contributed by atoms with van der Waals surface area (Å²) in [6, 6.07) is 22.6. The van der Waals surface area contributed by atoms with Gasteiger partial charge in [-0.1, -0.05) is 54.6 Å². The van der Waals surface area contributed by atoms with Gasteiger partial charge in [0.1, 0.15) is 36.6 Å². The SMILES string of the molecule is N#Cc1cccc(COc2cc(OCc3cccc(-c4ccccc4F)c3C(F)F)ccc2CN[C@@H](CO)C(=O)O)c1. The molecule has 0 saturated heterocycles. The summed E-state index contributed by atoms with van der Waals surface area (Å²) >= 11 is 0. The van der Waals surface area contributed by atoms with Crippen molar-refractivity contribution >= 4 is 5.97 Å². The summed E-state index contributed by atoms with van der Waals surface area (Å²) in [5.74, 6) is -1.23. The molecule has 0 aromatic heterocycles. The van der Waals surface area contributed by atoms with Gasteiger partial charge in [-0.2, -0.15) is 5.26 Å². The third kappa shape index (κ3) is 7.46. The first kappa shape index (κ1) is 30.1. The predicted molar refractivity (Wildman–Crippen MR) is 148 cm³/mol. The average molecular weight is 577 g/mol. The number of alkyl halides is 2. The Morgan fingerprint density at radius 2 is 1.67 bits per heavy atom. The van der Waals surface area contributed by atoms with E-state index in [0.717, 1.165) is 0 Å². The fraction of sp³-hybridized carbons (Fsp3) is 0.188. The second-order valence-electron chi connectivity index (χ2n) is 9.27. The van der Waals surface area contributed by atoms with E-state index in [9.17, 15) is 33.4 Å². The highest BCUT2D eigenvalue weighted by molar-refractivity contribution is 5.73. The molecule has 0 radical (unpaired) electrons. The minimum atomic E-state index is -2.88. The van der Waals surface area contributed by atoms with Crippen molar-refractivity contribution in [2.24, 2.45) is 0 Å². The first-order chi connectivity index (χ1) is 20.3. The number of carboxylic acid groups (broad SMARTS) is 1. The van der Waals surface area contributed by atoms with E-state index < -0.39 is 30.9 Å². The maximum absolute atomic E-state index is 14.4. The topological polar surface area (TPSA) is 112 Å². The number of hydrogen-bond donors (Lipinski definition) is 3. The number of rotatable bonds is 13. The monoisotopic (exact) mass is 576 g/mol. The van der Waals surface area contributed by atoms with E-state index in [-0.39, 0.29) is 47.8 Å². The lowest BCUT2D eigenvalue weighted by molar-refractivity contribution is -0.140. The number of aliphatic hydroxyl groups is 1. The molecule has 0 fully saturated rings. The maximum Gasteiger partial charge on any atom is 0.323 e. The Morgan fingerprint density at radius 3 is 2.38 bits per heavy atom. The number of ether oxygens (including phenoxy) is 2. The van der Waals surface area contributed by atoms with Gasteiger partial charge in [0.25, 0.3) is 6.43 Å². The highest BCUT2D eigenvalue weighted by Gasteiger charge is 2.21.